The number of rotatable bonds is 0. The Labute approximate surface area is 87.0 Å². The smallest absolute Gasteiger partial charge is 0.00473 e. The fourth-order valence-corrected chi connectivity index (χ4v) is 1.14. The Balaban J connectivity index is 2.45. The van der Waals surface area contributed by atoms with Crippen LogP contribution in [0.1, 0.15) is 19.3 Å². The van der Waals surface area contributed by atoms with Gasteiger partial charge in [0, 0.05) is 6.42 Å². The Bertz CT molecular complexity index is 234. The van der Waals surface area contributed by atoms with Crippen LogP contribution < -0.4 is 0 Å². The number of hydrogen-bond acceptors (Lipinski definition) is 0. The highest BCUT2D eigenvalue weighted by molar-refractivity contribution is 5.17. The molecule has 0 bridgehead atoms. The van der Waals surface area contributed by atoms with Gasteiger partial charge in [0.15, 0.2) is 0 Å². The van der Waals surface area contributed by atoms with Gasteiger partial charge >= 0.3 is 0 Å². The third kappa shape index (κ3) is 6.24. The molecule has 0 spiro atoms. The van der Waals surface area contributed by atoms with Crippen LogP contribution in [0.4, 0.5) is 0 Å². The van der Waals surface area contributed by atoms with Gasteiger partial charge in [-0.25, -0.2) is 0 Å². The van der Waals surface area contributed by atoms with Crippen molar-refractivity contribution in [2.45, 2.75) is 19.3 Å². The van der Waals surface area contributed by atoms with Gasteiger partial charge in [0.25, 0.3) is 0 Å². The highest BCUT2D eigenvalue weighted by Gasteiger charge is 1.77. The Hall–Kier alpha value is -1.30. The molecule has 0 heterocycles. The first-order chi connectivity index (χ1) is 7.00. The summed E-state index contributed by atoms with van der Waals surface area (Å²) in [5.41, 5.74) is 0. The minimum atomic E-state index is 1.03. The van der Waals surface area contributed by atoms with Gasteiger partial charge in [0.1, 0.15) is 0 Å². The van der Waals surface area contributed by atoms with E-state index in [0.29, 0.717) is 0 Å². The van der Waals surface area contributed by atoms with E-state index in [2.05, 4.69) is 42.9 Å². The quantitative estimate of drug-likeness (QED) is 0.497. The highest BCUT2D eigenvalue weighted by Crippen LogP contribution is 1.97. The molecule has 0 saturated carbocycles. The summed E-state index contributed by atoms with van der Waals surface area (Å²) in [6, 6.07) is 0. The molecule has 1 radical (unpaired) electrons. The van der Waals surface area contributed by atoms with E-state index in [9.17, 15) is 0 Å². The van der Waals surface area contributed by atoms with Crippen molar-refractivity contribution in [1.29, 1.82) is 0 Å². The average Bonchev–Trinajstić information content (AvgIpc) is 2.22. The van der Waals surface area contributed by atoms with Crippen LogP contribution in [0.2, 0.25) is 0 Å². The lowest BCUT2D eigenvalue weighted by molar-refractivity contribution is 1.04. The van der Waals surface area contributed by atoms with Crippen molar-refractivity contribution in [3.63, 3.8) is 0 Å². The van der Waals surface area contributed by atoms with Crippen molar-refractivity contribution in [2.75, 3.05) is 0 Å². The minimum Gasteiger partial charge on any atom is -0.0879 e. The Morgan fingerprint density at radius 1 is 0.500 bits per heavy atom. The third-order valence-electron chi connectivity index (χ3n) is 1.88. The Morgan fingerprint density at radius 2 is 1.29 bits per heavy atom. The fraction of sp³-hybridized carbons (Fsp3) is 0.214. The van der Waals surface area contributed by atoms with Crippen LogP contribution in [-0.2, 0) is 0 Å². The topological polar surface area (TPSA) is 0 Å². The maximum atomic E-state index is 2.24. The van der Waals surface area contributed by atoms with Gasteiger partial charge in [-0.3, -0.25) is 0 Å². The van der Waals surface area contributed by atoms with Gasteiger partial charge in [0.05, 0.1) is 0 Å². The molecule has 1 aliphatic carbocycles. The number of hydrogen-bond donors (Lipinski definition) is 0. The first-order valence-corrected chi connectivity index (χ1v) is 5.13. The maximum absolute atomic E-state index is 2.24. The van der Waals surface area contributed by atoms with Crippen molar-refractivity contribution >= 4 is 0 Å². The van der Waals surface area contributed by atoms with E-state index in [-0.39, 0.29) is 0 Å². The molecule has 0 unspecified atom stereocenters. The van der Waals surface area contributed by atoms with Crippen LogP contribution in [0.25, 0.3) is 0 Å². The van der Waals surface area contributed by atoms with E-state index >= 15 is 0 Å². The van der Waals surface area contributed by atoms with E-state index in [1.807, 2.05) is 24.3 Å². The van der Waals surface area contributed by atoms with Crippen LogP contribution in [-0.4, -0.2) is 0 Å². The molecule has 0 aromatic carbocycles. The lowest BCUT2D eigenvalue weighted by Gasteiger charge is -1.87. The highest BCUT2D eigenvalue weighted by atomic mass is 13.8. The van der Waals surface area contributed by atoms with E-state index in [0.717, 1.165) is 19.3 Å². The largest absolute Gasteiger partial charge is 0.0879 e. The van der Waals surface area contributed by atoms with Gasteiger partial charge in [-0.15, -0.1) is 0 Å². The van der Waals surface area contributed by atoms with Gasteiger partial charge in [-0.1, -0.05) is 60.8 Å². The lowest BCUT2D eigenvalue weighted by atomic mass is 10.2. The Morgan fingerprint density at radius 3 is 2.29 bits per heavy atom. The molecule has 73 valence electrons. The van der Waals surface area contributed by atoms with Gasteiger partial charge in [-0.2, -0.15) is 0 Å². The maximum Gasteiger partial charge on any atom is 0.00473 e. The van der Waals surface area contributed by atoms with Crippen LogP contribution in [0.15, 0.2) is 60.8 Å². The molecule has 0 amide bonds. The van der Waals surface area contributed by atoms with E-state index in [4.69, 9.17) is 0 Å². The molecule has 0 heteroatoms. The predicted octanol–water partition coefficient (Wildman–Crippen LogP) is 4.16. The zero-order valence-electron chi connectivity index (χ0n) is 8.47. The van der Waals surface area contributed by atoms with Gasteiger partial charge in [-0.05, 0) is 19.3 Å². The minimum absolute atomic E-state index is 1.03. The average molecular weight is 185 g/mol. The molecule has 0 nitrogen and oxygen atoms in total. The van der Waals surface area contributed by atoms with Crippen LogP contribution in [0, 0.1) is 6.42 Å². The molecule has 0 fully saturated rings. The van der Waals surface area contributed by atoms with Crippen LogP contribution in [0.3, 0.4) is 0 Å². The second-order valence-corrected chi connectivity index (χ2v) is 3.10. The Kier molecular flexibility index (Phi) is 6.39. The molecular weight excluding hydrogens is 168 g/mol. The molecule has 0 atom stereocenters. The first-order valence-electron chi connectivity index (χ1n) is 5.13. The lowest BCUT2D eigenvalue weighted by Crippen LogP contribution is -1.67. The molecule has 1 aliphatic rings. The molecule has 0 aliphatic heterocycles. The summed E-state index contributed by atoms with van der Waals surface area (Å²) in [6.45, 7) is 0. The molecular formula is C14H17. The summed E-state index contributed by atoms with van der Waals surface area (Å²) in [4.78, 5) is 0. The zero-order valence-corrected chi connectivity index (χ0v) is 8.47. The zero-order chi connectivity index (χ0) is 9.90. The van der Waals surface area contributed by atoms with Gasteiger partial charge in [0.2, 0.25) is 0 Å². The third-order valence-corrected chi connectivity index (χ3v) is 1.88. The van der Waals surface area contributed by atoms with E-state index in [1.165, 1.54) is 0 Å². The van der Waals surface area contributed by atoms with E-state index < -0.39 is 0 Å². The van der Waals surface area contributed by atoms with Crippen molar-refractivity contribution in [1.82, 2.24) is 0 Å². The van der Waals surface area contributed by atoms with Crippen molar-refractivity contribution in [2.24, 2.45) is 0 Å². The monoisotopic (exact) mass is 185 g/mol. The summed E-state index contributed by atoms with van der Waals surface area (Å²) < 4.78 is 0. The second kappa shape index (κ2) is 8.31. The molecule has 14 heavy (non-hydrogen) atoms. The summed E-state index contributed by atoms with van der Waals surface area (Å²) in [6.07, 6.45) is 26.5. The molecule has 0 N–H and O–H groups in total. The van der Waals surface area contributed by atoms with Crippen molar-refractivity contribution in [3.8, 4) is 0 Å². The summed E-state index contributed by atoms with van der Waals surface area (Å²) in [5, 5.41) is 0. The standard InChI is InChI=1S/C14H17/c1-2-4-6-8-10-12-14-13-11-9-7-5-3-1/h1-9,12,14H,10-11,13H2. The van der Waals surface area contributed by atoms with Crippen LogP contribution in [0.5, 0.6) is 0 Å². The normalized spacial score (nSPS) is 18.3. The summed E-state index contributed by atoms with van der Waals surface area (Å²) in [7, 11) is 0. The molecule has 1 rings (SSSR count). The SMILES string of the molecule is [CH]1C=CC=CC=CCC=CCCC=C1. The summed E-state index contributed by atoms with van der Waals surface area (Å²) in [5.74, 6) is 0. The molecule has 0 saturated heterocycles. The van der Waals surface area contributed by atoms with Crippen molar-refractivity contribution in [3.05, 3.63) is 67.2 Å². The molecule has 0 aromatic rings. The van der Waals surface area contributed by atoms with Crippen molar-refractivity contribution < 1.29 is 0 Å². The first kappa shape index (κ1) is 10.8. The fourth-order valence-electron chi connectivity index (χ4n) is 1.14. The second-order valence-electron chi connectivity index (χ2n) is 3.10. The molecule has 0 aromatic heterocycles. The van der Waals surface area contributed by atoms with E-state index in [1.54, 1.807) is 0 Å². The number of allylic oxidation sites excluding steroid dienone is 10. The van der Waals surface area contributed by atoms with Crippen LogP contribution >= 0.6 is 0 Å². The predicted molar refractivity (Wildman–Crippen MR) is 63.9 cm³/mol. The summed E-state index contributed by atoms with van der Waals surface area (Å²) >= 11 is 0. The van der Waals surface area contributed by atoms with Gasteiger partial charge < -0.3 is 0 Å².